The molecule has 0 bridgehead atoms. The summed E-state index contributed by atoms with van der Waals surface area (Å²) >= 11 is 1.78. The molecule has 2 fully saturated rings. The van der Waals surface area contributed by atoms with Crippen molar-refractivity contribution in [1.29, 1.82) is 0 Å². The van der Waals surface area contributed by atoms with Crippen LogP contribution in [0.4, 0.5) is 5.82 Å². The van der Waals surface area contributed by atoms with Crippen molar-refractivity contribution in [3.8, 4) is 0 Å². The summed E-state index contributed by atoms with van der Waals surface area (Å²) in [6.07, 6.45) is 5.11. The highest BCUT2D eigenvalue weighted by Crippen LogP contribution is 2.35. The lowest BCUT2D eigenvalue weighted by molar-refractivity contribution is -0.0737. The van der Waals surface area contributed by atoms with E-state index in [1.54, 1.807) is 11.3 Å². The standard InChI is InChI=1S/C18H23N3OS/c1-2-7-19-17(3-1)20-16-4-9-22-18(11-16)6-8-21(14-18)12-15-5-10-23-13-15/h1-3,5,7,10,13,16H,4,6,8-9,11-12,14H2,(H,19,20)/t16-,18-/m0/s1. The fourth-order valence-electron chi connectivity index (χ4n) is 3.80. The van der Waals surface area contributed by atoms with Crippen molar-refractivity contribution in [2.75, 3.05) is 25.0 Å². The molecule has 2 aliphatic heterocycles. The Balaban J connectivity index is 1.37. The number of ether oxygens (including phenoxy) is 1. The van der Waals surface area contributed by atoms with Gasteiger partial charge in [0.1, 0.15) is 5.82 Å². The van der Waals surface area contributed by atoms with Gasteiger partial charge in [0.2, 0.25) is 0 Å². The molecule has 5 heteroatoms. The van der Waals surface area contributed by atoms with E-state index in [1.165, 1.54) is 5.56 Å². The van der Waals surface area contributed by atoms with Gasteiger partial charge in [-0.25, -0.2) is 4.98 Å². The number of thiophene rings is 1. The molecule has 2 aromatic rings. The third-order valence-corrected chi connectivity index (χ3v) is 5.62. The van der Waals surface area contributed by atoms with Crippen molar-refractivity contribution < 1.29 is 4.74 Å². The lowest BCUT2D eigenvalue weighted by atomic mass is 9.89. The molecule has 0 radical (unpaired) electrons. The molecule has 4 nitrogen and oxygen atoms in total. The molecule has 2 saturated heterocycles. The van der Waals surface area contributed by atoms with Crippen LogP contribution in [0.3, 0.4) is 0 Å². The minimum atomic E-state index is 0.0285. The van der Waals surface area contributed by atoms with Gasteiger partial charge in [-0.3, -0.25) is 4.90 Å². The maximum atomic E-state index is 6.24. The van der Waals surface area contributed by atoms with E-state index < -0.39 is 0 Å². The van der Waals surface area contributed by atoms with E-state index in [1.807, 2.05) is 24.4 Å². The van der Waals surface area contributed by atoms with Gasteiger partial charge in [-0.2, -0.15) is 11.3 Å². The van der Waals surface area contributed by atoms with Crippen LogP contribution >= 0.6 is 11.3 Å². The summed E-state index contributed by atoms with van der Waals surface area (Å²) in [4.78, 5) is 6.92. The molecule has 23 heavy (non-hydrogen) atoms. The van der Waals surface area contributed by atoms with E-state index in [0.717, 1.165) is 51.3 Å². The number of nitrogens with one attached hydrogen (secondary N) is 1. The summed E-state index contributed by atoms with van der Waals surface area (Å²) in [5.74, 6) is 0.975. The number of hydrogen-bond acceptors (Lipinski definition) is 5. The summed E-state index contributed by atoms with van der Waals surface area (Å²) in [7, 11) is 0. The number of pyridine rings is 1. The lowest BCUT2D eigenvalue weighted by Gasteiger charge is -2.38. The predicted molar refractivity (Wildman–Crippen MR) is 93.8 cm³/mol. The van der Waals surface area contributed by atoms with Gasteiger partial charge in [0.25, 0.3) is 0 Å². The first-order valence-electron chi connectivity index (χ1n) is 8.36. The summed E-state index contributed by atoms with van der Waals surface area (Å²) < 4.78 is 6.24. The van der Waals surface area contributed by atoms with Gasteiger partial charge in [0.15, 0.2) is 0 Å². The molecule has 2 aromatic heterocycles. The van der Waals surface area contributed by atoms with E-state index in [0.29, 0.717) is 6.04 Å². The molecule has 0 aromatic carbocycles. The first-order valence-corrected chi connectivity index (χ1v) is 9.31. The van der Waals surface area contributed by atoms with Crippen molar-refractivity contribution >= 4 is 17.2 Å². The molecule has 1 N–H and O–H groups in total. The third-order valence-electron chi connectivity index (χ3n) is 4.89. The minimum absolute atomic E-state index is 0.0285. The number of anilines is 1. The smallest absolute Gasteiger partial charge is 0.126 e. The number of aromatic nitrogens is 1. The zero-order chi connectivity index (χ0) is 15.5. The molecular weight excluding hydrogens is 306 g/mol. The molecule has 0 unspecified atom stereocenters. The van der Waals surface area contributed by atoms with Gasteiger partial charge in [-0.15, -0.1) is 0 Å². The van der Waals surface area contributed by atoms with Crippen LogP contribution in [0.15, 0.2) is 41.2 Å². The van der Waals surface area contributed by atoms with E-state index in [9.17, 15) is 0 Å². The second-order valence-electron chi connectivity index (χ2n) is 6.67. The molecular formula is C18H23N3OS. The highest BCUT2D eigenvalue weighted by molar-refractivity contribution is 7.07. The maximum absolute atomic E-state index is 6.24. The molecule has 122 valence electrons. The fraction of sp³-hybridized carbons (Fsp3) is 0.500. The van der Waals surface area contributed by atoms with Crippen molar-refractivity contribution in [2.24, 2.45) is 0 Å². The first kappa shape index (κ1) is 15.1. The van der Waals surface area contributed by atoms with Gasteiger partial charge in [0, 0.05) is 38.5 Å². The van der Waals surface area contributed by atoms with Crippen molar-refractivity contribution in [3.63, 3.8) is 0 Å². The zero-order valence-corrected chi connectivity index (χ0v) is 14.1. The summed E-state index contributed by atoms with van der Waals surface area (Å²) in [6, 6.07) is 8.71. The molecule has 0 amide bonds. The average Bonchev–Trinajstić information content (AvgIpc) is 3.20. The molecule has 0 saturated carbocycles. The van der Waals surface area contributed by atoms with Crippen LogP contribution in [-0.2, 0) is 11.3 Å². The largest absolute Gasteiger partial charge is 0.373 e. The Hall–Kier alpha value is -1.43. The van der Waals surface area contributed by atoms with Crippen LogP contribution < -0.4 is 5.32 Å². The van der Waals surface area contributed by atoms with Crippen LogP contribution in [0.5, 0.6) is 0 Å². The van der Waals surface area contributed by atoms with Crippen LogP contribution in [-0.4, -0.2) is 41.2 Å². The van der Waals surface area contributed by atoms with Gasteiger partial charge in [0.05, 0.1) is 5.60 Å². The quantitative estimate of drug-likeness (QED) is 0.933. The minimum Gasteiger partial charge on any atom is -0.373 e. The fourth-order valence-corrected chi connectivity index (χ4v) is 4.46. The predicted octanol–water partition coefficient (Wildman–Crippen LogP) is 3.38. The maximum Gasteiger partial charge on any atom is 0.126 e. The second kappa shape index (κ2) is 6.59. The molecule has 4 heterocycles. The first-order chi connectivity index (χ1) is 11.3. The average molecular weight is 329 g/mol. The second-order valence-corrected chi connectivity index (χ2v) is 7.45. The van der Waals surface area contributed by atoms with E-state index >= 15 is 0 Å². The number of nitrogens with zero attached hydrogens (tertiary/aromatic N) is 2. The van der Waals surface area contributed by atoms with Crippen LogP contribution in [0.2, 0.25) is 0 Å². The Morgan fingerprint density at radius 3 is 3.22 bits per heavy atom. The Morgan fingerprint density at radius 1 is 1.39 bits per heavy atom. The molecule has 4 rings (SSSR count). The third kappa shape index (κ3) is 3.57. The topological polar surface area (TPSA) is 37.4 Å². The Kier molecular flexibility index (Phi) is 4.33. The molecule has 2 atom stereocenters. The monoisotopic (exact) mass is 329 g/mol. The van der Waals surface area contributed by atoms with Crippen LogP contribution in [0.1, 0.15) is 24.8 Å². The molecule has 2 aliphatic rings. The summed E-state index contributed by atoms with van der Waals surface area (Å²) in [5.41, 5.74) is 1.45. The summed E-state index contributed by atoms with van der Waals surface area (Å²) in [5, 5.41) is 7.99. The highest BCUT2D eigenvalue weighted by atomic mass is 32.1. The number of rotatable bonds is 4. The van der Waals surface area contributed by atoms with Gasteiger partial charge in [-0.1, -0.05) is 6.07 Å². The SMILES string of the molecule is c1ccc(N[C@H]2CCO[C@@]3(CCN(Cc4ccsc4)C3)C2)nc1. The van der Waals surface area contributed by atoms with Gasteiger partial charge in [-0.05, 0) is 53.8 Å². The van der Waals surface area contributed by atoms with E-state index in [4.69, 9.17) is 4.74 Å². The van der Waals surface area contributed by atoms with Crippen molar-refractivity contribution in [2.45, 2.75) is 37.5 Å². The van der Waals surface area contributed by atoms with Crippen molar-refractivity contribution in [3.05, 3.63) is 46.8 Å². The normalized spacial score (nSPS) is 28.3. The highest BCUT2D eigenvalue weighted by Gasteiger charge is 2.43. The summed E-state index contributed by atoms with van der Waals surface area (Å²) in [6.45, 7) is 4.07. The number of hydrogen-bond donors (Lipinski definition) is 1. The van der Waals surface area contributed by atoms with E-state index in [2.05, 4.69) is 32.0 Å². The molecule has 1 spiro atoms. The zero-order valence-electron chi connectivity index (χ0n) is 13.3. The van der Waals surface area contributed by atoms with Crippen LogP contribution in [0.25, 0.3) is 0 Å². The van der Waals surface area contributed by atoms with Crippen molar-refractivity contribution in [1.82, 2.24) is 9.88 Å². The Morgan fingerprint density at radius 2 is 2.39 bits per heavy atom. The Bertz CT molecular complexity index is 618. The van der Waals surface area contributed by atoms with Gasteiger partial charge >= 0.3 is 0 Å². The number of likely N-dealkylation sites (tertiary alicyclic amines) is 1. The lowest BCUT2D eigenvalue weighted by Crippen LogP contribution is -2.46. The van der Waals surface area contributed by atoms with Crippen LogP contribution in [0, 0.1) is 0 Å². The molecule has 0 aliphatic carbocycles. The Labute approximate surface area is 141 Å². The van der Waals surface area contributed by atoms with E-state index in [-0.39, 0.29) is 5.60 Å². The van der Waals surface area contributed by atoms with Gasteiger partial charge < -0.3 is 10.1 Å².